The van der Waals surface area contributed by atoms with E-state index in [2.05, 4.69) is 21.3 Å². The van der Waals surface area contributed by atoms with E-state index in [0.717, 1.165) is 49.7 Å². The summed E-state index contributed by atoms with van der Waals surface area (Å²) in [5.41, 5.74) is 3.01. The Kier molecular flexibility index (Phi) is 5.86. The number of hydrogen-bond acceptors (Lipinski definition) is 5. The molecule has 1 saturated carbocycles. The van der Waals surface area contributed by atoms with Crippen LogP contribution in [0.2, 0.25) is 0 Å². The number of pyridine rings is 2. The number of aromatic carboxylic acids is 1. The second-order valence-electron chi connectivity index (χ2n) is 7.89. The first-order chi connectivity index (χ1) is 13.7. The number of carbonyl (C=O) groups is 1. The lowest BCUT2D eigenvalue weighted by atomic mass is 9.86. The average Bonchev–Trinajstić information content (AvgIpc) is 2.75. The van der Waals surface area contributed by atoms with Crippen molar-refractivity contribution >= 4 is 11.8 Å². The number of aromatic nitrogens is 2. The number of nitrogens with one attached hydrogen (secondary N) is 1. The van der Waals surface area contributed by atoms with Crippen molar-refractivity contribution in [1.29, 1.82) is 0 Å². The number of rotatable bonds is 5. The number of hydrogen-bond donors (Lipinski definition) is 2. The van der Waals surface area contributed by atoms with Crippen molar-refractivity contribution in [2.24, 2.45) is 5.92 Å². The van der Waals surface area contributed by atoms with Crippen molar-refractivity contribution < 1.29 is 9.90 Å². The van der Waals surface area contributed by atoms with Gasteiger partial charge >= 0.3 is 5.97 Å². The van der Waals surface area contributed by atoms with Crippen molar-refractivity contribution in [2.75, 3.05) is 31.1 Å². The summed E-state index contributed by atoms with van der Waals surface area (Å²) in [6.07, 6.45) is 9.38. The molecule has 2 aromatic heterocycles. The van der Waals surface area contributed by atoms with Gasteiger partial charge in [0.05, 0.1) is 11.3 Å². The van der Waals surface area contributed by atoms with E-state index in [4.69, 9.17) is 4.98 Å². The van der Waals surface area contributed by atoms with E-state index in [1.807, 2.05) is 12.3 Å². The maximum Gasteiger partial charge on any atom is 0.335 e. The molecular weight excluding hydrogens is 352 g/mol. The zero-order valence-electron chi connectivity index (χ0n) is 16.2. The first-order valence-electron chi connectivity index (χ1n) is 10.4. The molecule has 0 unspecified atom stereocenters. The standard InChI is InChI=1S/C22H28N4O2/c27-22(28)18-14-20(25-21(15-18)26-10-8-23-9-11-26)17-6-7-24-19(13-17)12-16-4-2-1-3-5-16/h6-7,13-16,23H,1-5,8-12H2,(H,27,28). The number of nitrogens with zero attached hydrogens (tertiary/aromatic N) is 3. The van der Waals surface area contributed by atoms with E-state index < -0.39 is 5.97 Å². The van der Waals surface area contributed by atoms with Gasteiger partial charge in [0.1, 0.15) is 5.82 Å². The fourth-order valence-electron chi connectivity index (χ4n) is 4.28. The predicted molar refractivity (Wildman–Crippen MR) is 110 cm³/mol. The van der Waals surface area contributed by atoms with Crippen LogP contribution >= 0.6 is 0 Å². The summed E-state index contributed by atoms with van der Waals surface area (Å²) in [4.78, 5) is 23.2. The van der Waals surface area contributed by atoms with E-state index in [9.17, 15) is 9.90 Å². The van der Waals surface area contributed by atoms with Gasteiger partial charge in [0.2, 0.25) is 0 Å². The molecule has 0 amide bonds. The minimum Gasteiger partial charge on any atom is -0.478 e. The number of anilines is 1. The van der Waals surface area contributed by atoms with E-state index in [1.54, 1.807) is 12.1 Å². The SMILES string of the molecule is O=C(O)c1cc(-c2ccnc(CC3CCCCC3)c2)nc(N2CCNCC2)c1. The molecule has 148 valence electrons. The third-order valence-corrected chi connectivity index (χ3v) is 5.83. The van der Waals surface area contributed by atoms with Crippen molar-refractivity contribution in [3.8, 4) is 11.3 Å². The summed E-state index contributed by atoms with van der Waals surface area (Å²) in [5, 5.41) is 12.9. The summed E-state index contributed by atoms with van der Waals surface area (Å²) in [5.74, 6) is 0.532. The highest BCUT2D eigenvalue weighted by Crippen LogP contribution is 2.28. The van der Waals surface area contributed by atoms with Crippen LogP contribution in [0.15, 0.2) is 30.5 Å². The molecule has 6 heteroatoms. The topological polar surface area (TPSA) is 78.3 Å². The van der Waals surface area contributed by atoms with Crippen molar-refractivity contribution in [2.45, 2.75) is 38.5 Å². The van der Waals surface area contributed by atoms with Crippen molar-refractivity contribution in [3.05, 3.63) is 41.7 Å². The van der Waals surface area contributed by atoms with Crippen LogP contribution in [-0.4, -0.2) is 47.2 Å². The van der Waals surface area contributed by atoms with Gasteiger partial charge in [0.25, 0.3) is 0 Å². The lowest BCUT2D eigenvalue weighted by molar-refractivity contribution is 0.0697. The Balaban J connectivity index is 1.62. The summed E-state index contributed by atoms with van der Waals surface area (Å²) >= 11 is 0. The second-order valence-corrected chi connectivity index (χ2v) is 7.89. The molecule has 0 bridgehead atoms. The molecule has 28 heavy (non-hydrogen) atoms. The van der Waals surface area contributed by atoms with Crippen LogP contribution in [0, 0.1) is 5.92 Å². The van der Waals surface area contributed by atoms with Gasteiger partial charge in [-0.05, 0) is 36.6 Å². The van der Waals surface area contributed by atoms with Crippen LogP contribution in [-0.2, 0) is 6.42 Å². The molecule has 1 aliphatic heterocycles. The number of piperazine rings is 1. The molecular formula is C22H28N4O2. The summed E-state index contributed by atoms with van der Waals surface area (Å²) < 4.78 is 0. The Bertz CT molecular complexity index is 827. The number of carboxylic acids is 1. The summed E-state index contributed by atoms with van der Waals surface area (Å²) in [6.45, 7) is 3.43. The Morgan fingerprint density at radius 2 is 1.93 bits per heavy atom. The Labute approximate surface area is 166 Å². The fraction of sp³-hybridized carbons (Fsp3) is 0.500. The Morgan fingerprint density at radius 3 is 2.68 bits per heavy atom. The highest BCUT2D eigenvalue weighted by Gasteiger charge is 2.18. The Hall–Kier alpha value is -2.47. The normalized spacial score (nSPS) is 18.2. The predicted octanol–water partition coefficient (Wildman–Crippen LogP) is 3.37. The molecule has 1 aliphatic carbocycles. The molecule has 1 saturated heterocycles. The Morgan fingerprint density at radius 1 is 1.14 bits per heavy atom. The van der Waals surface area contributed by atoms with Gasteiger partial charge < -0.3 is 15.3 Å². The lowest BCUT2D eigenvalue weighted by Gasteiger charge is -2.29. The van der Waals surface area contributed by atoms with Crippen molar-refractivity contribution in [3.63, 3.8) is 0 Å². The highest BCUT2D eigenvalue weighted by molar-refractivity contribution is 5.90. The zero-order chi connectivity index (χ0) is 19.3. The third-order valence-electron chi connectivity index (χ3n) is 5.83. The highest BCUT2D eigenvalue weighted by atomic mass is 16.4. The van der Waals surface area contributed by atoms with Crippen molar-refractivity contribution in [1.82, 2.24) is 15.3 Å². The quantitative estimate of drug-likeness (QED) is 0.828. The van der Waals surface area contributed by atoms with Crippen LogP contribution in [0.3, 0.4) is 0 Å². The van der Waals surface area contributed by atoms with Crippen LogP contribution in [0.1, 0.15) is 48.2 Å². The van der Waals surface area contributed by atoms with E-state index in [1.165, 1.54) is 32.1 Å². The molecule has 2 aliphatic rings. The third kappa shape index (κ3) is 4.50. The maximum atomic E-state index is 11.7. The molecule has 2 aromatic rings. The molecule has 0 atom stereocenters. The van der Waals surface area contributed by atoms with Crippen LogP contribution in [0.4, 0.5) is 5.82 Å². The maximum absolute atomic E-state index is 11.7. The monoisotopic (exact) mass is 380 g/mol. The van der Waals surface area contributed by atoms with Gasteiger partial charge in [-0.15, -0.1) is 0 Å². The molecule has 2 N–H and O–H groups in total. The average molecular weight is 380 g/mol. The minimum atomic E-state index is -0.920. The van der Waals surface area contributed by atoms with Gasteiger partial charge in [0, 0.05) is 43.6 Å². The summed E-state index contributed by atoms with van der Waals surface area (Å²) in [6, 6.07) is 7.37. The van der Waals surface area contributed by atoms with Gasteiger partial charge in [-0.2, -0.15) is 0 Å². The molecule has 0 aromatic carbocycles. The van der Waals surface area contributed by atoms with Crippen LogP contribution in [0.25, 0.3) is 11.3 Å². The summed E-state index contributed by atoms with van der Waals surface area (Å²) in [7, 11) is 0. The second kappa shape index (κ2) is 8.69. The fourth-order valence-corrected chi connectivity index (χ4v) is 4.28. The molecule has 2 fully saturated rings. The number of carboxylic acid groups (broad SMARTS) is 1. The van der Waals surface area contributed by atoms with Crippen LogP contribution < -0.4 is 10.2 Å². The minimum absolute atomic E-state index is 0.282. The van der Waals surface area contributed by atoms with E-state index >= 15 is 0 Å². The first-order valence-corrected chi connectivity index (χ1v) is 10.4. The van der Waals surface area contributed by atoms with Gasteiger partial charge in [-0.3, -0.25) is 4.98 Å². The van der Waals surface area contributed by atoms with Gasteiger partial charge in [-0.1, -0.05) is 32.1 Å². The zero-order valence-corrected chi connectivity index (χ0v) is 16.2. The van der Waals surface area contributed by atoms with Crippen LogP contribution in [0.5, 0.6) is 0 Å². The first kappa shape index (κ1) is 18.9. The largest absolute Gasteiger partial charge is 0.478 e. The lowest BCUT2D eigenvalue weighted by Crippen LogP contribution is -2.44. The smallest absolute Gasteiger partial charge is 0.335 e. The molecule has 0 radical (unpaired) electrons. The molecule has 6 nitrogen and oxygen atoms in total. The van der Waals surface area contributed by atoms with Gasteiger partial charge in [0.15, 0.2) is 0 Å². The van der Waals surface area contributed by atoms with E-state index in [-0.39, 0.29) is 5.56 Å². The van der Waals surface area contributed by atoms with Gasteiger partial charge in [-0.25, -0.2) is 9.78 Å². The molecule has 0 spiro atoms. The van der Waals surface area contributed by atoms with E-state index in [0.29, 0.717) is 11.6 Å². The molecule has 4 rings (SSSR count). The molecule has 3 heterocycles.